The number of nitrogens with one attached hydrogen (secondary N) is 1. The number of hydrogen-bond donors (Lipinski definition) is 1. The van der Waals surface area contributed by atoms with Gasteiger partial charge in [-0.1, -0.05) is 23.7 Å². The Balaban J connectivity index is 2.78. The molecule has 7 heteroatoms. The Morgan fingerprint density at radius 1 is 1.08 bits per heavy atom. The van der Waals surface area contributed by atoms with E-state index in [0.717, 1.165) is 5.56 Å². The van der Waals surface area contributed by atoms with Gasteiger partial charge in [0, 0.05) is 32.1 Å². The first-order valence-electron chi connectivity index (χ1n) is 8.32. The lowest BCUT2D eigenvalue weighted by Crippen LogP contribution is -2.42. The molecule has 0 saturated heterocycles. The summed E-state index contributed by atoms with van der Waals surface area (Å²) in [5, 5.41) is 3.36. The molecule has 1 aromatic carbocycles. The van der Waals surface area contributed by atoms with E-state index in [1.54, 1.807) is 36.2 Å². The first kappa shape index (κ1) is 21.0. The number of amides is 3. The van der Waals surface area contributed by atoms with Crippen LogP contribution in [0.2, 0.25) is 5.02 Å². The quantitative estimate of drug-likeness (QED) is 0.766. The van der Waals surface area contributed by atoms with Crippen LogP contribution in [-0.4, -0.2) is 54.2 Å². The van der Waals surface area contributed by atoms with Crippen molar-refractivity contribution in [3.8, 4) is 0 Å². The van der Waals surface area contributed by atoms with Crippen molar-refractivity contribution >= 4 is 29.3 Å². The summed E-state index contributed by atoms with van der Waals surface area (Å²) in [5.74, 6) is -0.535. The van der Waals surface area contributed by atoms with E-state index in [2.05, 4.69) is 5.32 Å². The van der Waals surface area contributed by atoms with Crippen LogP contribution in [0.25, 0.3) is 0 Å². The van der Waals surface area contributed by atoms with Crippen molar-refractivity contribution in [1.82, 2.24) is 15.1 Å². The van der Waals surface area contributed by atoms with Crippen LogP contribution in [-0.2, 0) is 14.4 Å². The fourth-order valence-electron chi connectivity index (χ4n) is 2.49. The highest BCUT2D eigenvalue weighted by atomic mass is 35.5. The van der Waals surface area contributed by atoms with Gasteiger partial charge < -0.3 is 15.1 Å². The maximum atomic E-state index is 12.5. The number of carbonyl (C=O) groups is 3. The summed E-state index contributed by atoms with van der Waals surface area (Å²) in [6.45, 7) is 6.44. The van der Waals surface area contributed by atoms with Gasteiger partial charge in [0.25, 0.3) is 0 Å². The highest BCUT2D eigenvalue weighted by Crippen LogP contribution is 2.20. The number of likely N-dealkylation sites (N-methyl/N-ethyl adjacent to an activating group) is 2. The highest BCUT2D eigenvalue weighted by Gasteiger charge is 2.22. The number of halogens is 1. The molecular formula is C18H26ClN3O3. The number of benzene rings is 1. The lowest BCUT2D eigenvalue weighted by molar-refractivity contribution is -0.139. The number of hydrogen-bond acceptors (Lipinski definition) is 3. The molecule has 0 spiro atoms. The Kier molecular flexibility index (Phi) is 8.41. The van der Waals surface area contributed by atoms with Crippen molar-refractivity contribution < 1.29 is 14.4 Å². The minimum Gasteiger partial charge on any atom is -0.349 e. The van der Waals surface area contributed by atoms with Gasteiger partial charge in [0.15, 0.2) is 0 Å². The van der Waals surface area contributed by atoms with E-state index in [0.29, 0.717) is 18.1 Å². The summed E-state index contributed by atoms with van der Waals surface area (Å²) in [4.78, 5) is 39.2. The molecule has 1 atom stereocenters. The van der Waals surface area contributed by atoms with Gasteiger partial charge >= 0.3 is 0 Å². The zero-order valence-electron chi connectivity index (χ0n) is 15.2. The maximum Gasteiger partial charge on any atom is 0.242 e. The van der Waals surface area contributed by atoms with E-state index >= 15 is 0 Å². The molecule has 6 nitrogen and oxygen atoms in total. The summed E-state index contributed by atoms with van der Waals surface area (Å²) < 4.78 is 0. The molecule has 3 amide bonds. The van der Waals surface area contributed by atoms with E-state index in [1.165, 1.54) is 11.8 Å². The number of carbonyl (C=O) groups excluding carboxylic acids is 3. The first-order valence-corrected chi connectivity index (χ1v) is 8.70. The van der Waals surface area contributed by atoms with Gasteiger partial charge in [0.05, 0.1) is 19.0 Å². The molecule has 0 aromatic heterocycles. The lowest BCUT2D eigenvalue weighted by Gasteiger charge is -2.25. The van der Waals surface area contributed by atoms with Crippen LogP contribution in [0.15, 0.2) is 24.3 Å². The fourth-order valence-corrected chi connectivity index (χ4v) is 2.62. The second kappa shape index (κ2) is 10.0. The normalized spacial score (nSPS) is 11.6. The Morgan fingerprint density at radius 3 is 2.12 bits per heavy atom. The predicted octanol–water partition coefficient (Wildman–Crippen LogP) is 2.23. The molecule has 0 aliphatic rings. The third-order valence-electron chi connectivity index (χ3n) is 3.94. The molecule has 1 aromatic rings. The van der Waals surface area contributed by atoms with Crippen LogP contribution in [0.5, 0.6) is 0 Å². The second-order valence-corrected chi connectivity index (χ2v) is 6.26. The van der Waals surface area contributed by atoms with Gasteiger partial charge in [-0.15, -0.1) is 0 Å². The van der Waals surface area contributed by atoms with Gasteiger partial charge in [-0.05, 0) is 31.5 Å². The zero-order valence-corrected chi connectivity index (χ0v) is 16.0. The Bertz CT molecular complexity index is 600. The van der Waals surface area contributed by atoms with Crippen LogP contribution in [0.1, 0.15) is 38.8 Å². The Labute approximate surface area is 154 Å². The standard InChI is InChI=1S/C18H26ClN3O3/c1-5-22(6-2)18(25)12-21(4)17(24)11-16(20-13(3)23)14-7-9-15(19)10-8-14/h7-10,16H,5-6,11-12H2,1-4H3,(H,20,23). The van der Waals surface area contributed by atoms with Gasteiger partial charge in [0.1, 0.15) is 0 Å². The summed E-state index contributed by atoms with van der Waals surface area (Å²) in [5.41, 5.74) is 0.788. The highest BCUT2D eigenvalue weighted by molar-refractivity contribution is 6.30. The Hall–Kier alpha value is -2.08. The maximum absolute atomic E-state index is 12.5. The van der Waals surface area contributed by atoms with Crippen molar-refractivity contribution in [2.45, 2.75) is 33.2 Å². The second-order valence-electron chi connectivity index (χ2n) is 5.82. The van der Waals surface area contributed by atoms with Crippen molar-refractivity contribution in [2.24, 2.45) is 0 Å². The first-order chi connectivity index (χ1) is 11.8. The molecular weight excluding hydrogens is 342 g/mol. The zero-order chi connectivity index (χ0) is 19.0. The molecule has 0 heterocycles. The molecule has 138 valence electrons. The molecule has 0 bridgehead atoms. The summed E-state index contributed by atoms with van der Waals surface area (Å²) in [6, 6.07) is 6.51. The molecule has 1 rings (SSSR count). The van der Waals surface area contributed by atoms with Crippen LogP contribution in [0.3, 0.4) is 0 Å². The minimum absolute atomic E-state index is 0.0217. The van der Waals surface area contributed by atoms with Crippen molar-refractivity contribution in [1.29, 1.82) is 0 Å². The van der Waals surface area contributed by atoms with Gasteiger partial charge in [-0.2, -0.15) is 0 Å². The molecule has 1 N–H and O–H groups in total. The van der Waals surface area contributed by atoms with E-state index in [-0.39, 0.29) is 30.7 Å². The smallest absolute Gasteiger partial charge is 0.242 e. The third-order valence-corrected chi connectivity index (χ3v) is 4.19. The third kappa shape index (κ3) is 6.74. The summed E-state index contributed by atoms with van der Waals surface area (Å²) in [7, 11) is 1.59. The van der Waals surface area contributed by atoms with Crippen LogP contribution < -0.4 is 5.32 Å². The van der Waals surface area contributed by atoms with E-state index in [9.17, 15) is 14.4 Å². The number of nitrogens with zero attached hydrogens (tertiary/aromatic N) is 2. The van der Waals surface area contributed by atoms with Gasteiger partial charge in [-0.3, -0.25) is 14.4 Å². The molecule has 0 aliphatic carbocycles. The van der Waals surface area contributed by atoms with Gasteiger partial charge in [-0.25, -0.2) is 0 Å². The topological polar surface area (TPSA) is 69.7 Å². The molecule has 0 aliphatic heterocycles. The SMILES string of the molecule is CCN(CC)C(=O)CN(C)C(=O)CC(NC(C)=O)c1ccc(Cl)cc1. The monoisotopic (exact) mass is 367 g/mol. The van der Waals surface area contributed by atoms with Crippen molar-refractivity contribution in [2.75, 3.05) is 26.7 Å². The van der Waals surface area contributed by atoms with Crippen molar-refractivity contribution in [3.05, 3.63) is 34.9 Å². The van der Waals surface area contributed by atoms with Gasteiger partial charge in [0.2, 0.25) is 17.7 Å². The summed E-state index contributed by atoms with van der Waals surface area (Å²) >= 11 is 5.89. The summed E-state index contributed by atoms with van der Waals surface area (Å²) in [6.07, 6.45) is 0.0727. The van der Waals surface area contributed by atoms with Crippen LogP contribution in [0.4, 0.5) is 0 Å². The number of rotatable bonds is 8. The molecule has 0 saturated carbocycles. The molecule has 0 radical (unpaired) electrons. The average Bonchev–Trinajstić information content (AvgIpc) is 2.55. The van der Waals surface area contributed by atoms with E-state index in [1.807, 2.05) is 13.8 Å². The average molecular weight is 368 g/mol. The lowest BCUT2D eigenvalue weighted by atomic mass is 10.0. The molecule has 0 fully saturated rings. The molecule has 1 unspecified atom stereocenters. The predicted molar refractivity (Wildman–Crippen MR) is 98.2 cm³/mol. The largest absolute Gasteiger partial charge is 0.349 e. The minimum atomic E-state index is -0.465. The molecule has 25 heavy (non-hydrogen) atoms. The van der Waals surface area contributed by atoms with Crippen LogP contribution in [0, 0.1) is 0 Å². The fraction of sp³-hybridized carbons (Fsp3) is 0.500. The Morgan fingerprint density at radius 2 is 1.64 bits per heavy atom. The van der Waals surface area contributed by atoms with Crippen molar-refractivity contribution in [3.63, 3.8) is 0 Å². The van der Waals surface area contributed by atoms with Crippen LogP contribution >= 0.6 is 11.6 Å². The van der Waals surface area contributed by atoms with E-state index < -0.39 is 6.04 Å². The van der Waals surface area contributed by atoms with E-state index in [4.69, 9.17) is 11.6 Å².